The Hall–Kier alpha value is -2.86. The first kappa shape index (κ1) is 15.1. The number of benzene rings is 2. The minimum Gasteiger partial charge on any atom is -0.508 e. The van der Waals surface area contributed by atoms with Gasteiger partial charge in [-0.3, -0.25) is 5.43 Å². The zero-order valence-electron chi connectivity index (χ0n) is 12.4. The maximum Gasteiger partial charge on any atom is 0.203 e. The molecule has 2 aromatic carbocycles. The van der Waals surface area contributed by atoms with E-state index in [1.54, 1.807) is 31.5 Å². The Labute approximate surface area is 137 Å². The van der Waals surface area contributed by atoms with Gasteiger partial charge in [-0.25, -0.2) is 4.98 Å². The fourth-order valence-electron chi connectivity index (χ4n) is 2.01. The van der Waals surface area contributed by atoms with Crippen LogP contribution < -0.4 is 10.2 Å². The molecule has 0 atom stereocenters. The van der Waals surface area contributed by atoms with E-state index in [1.165, 1.54) is 11.3 Å². The molecular formula is C17H15N3O2S. The van der Waals surface area contributed by atoms with E-state index in [0.717, 1.165) is 22.6 Å². The number of aromatic nitrogens is 1. The third-order valence-electron chi connectivity index (χ3n) is 3.11. The molecule has 23 heavy (non-hydrogen) atoms. The van der Waals surface area contributed by atoms with E-state index < -0.39 is 0 Å². The summed E-state index contributed by atoms with van der Waals surface area (Å²) in [5.41, 5.74) is 5.50. The molecule has 3 rings (SSSR count). The summed E-state index contributed by atoms with van der Waals surface area (Å²) in [5, 5.41) is 16.3. The molecule has 0 aliphatic carbocycles. The smallest absolute Gasteiger partial charge is 0.203 e. The monoisotopic (exact) mass is 325 g/mol. The van der Waals surface area contributed by atoms with Crippen LogP contribution in [0.5, 0.6) is 11.5 Å². The molecular weight excluding hydrogens is 310 g/mol. The van der Waals surface area contributed by atoms with Gasteiger partial charge in [0.1, 0.15) is 11.5 Å². The van der Waals surface area contributed by atoms with Gasteiger partial charge in [0.25, 0.3) is 0 Å². The molecule has 0 aliphatic rings. The second kappa shape index (κ2) is 6.93. The van der Waals surface area contributed by atoms with Crippen molar-refractivity contribution in [3.05, 3.63) is 59.5 Å². The van der Waals surface area contributed by atoms with E-state index in [0.29, 0.717) is 5.13 Å². The highest BCUT2D eigenvalue weighted by Gasteiger charge is 2.04. The number of rotatable bonds is 5. The molecule has 0 saturated heterocycles. The first-order chi connectivity index (χ1) is 11.2. The van der Waals surface area contributed by atoms with Crippen molar-refractivity contribution in [2.75, 3.05) is 12.5 Å². The second-order valence-corrected chi connectivity index (χ2v) is 5.59. The Morgan fingerprint density at radius 1 is 1.22 bits per heavy atom. The van der Waals surface area contributed by atoms with E-state index in [4.69, 9.17) is 4.74 Å². The van der Waals surface area contributed by atoms with Crippen molar-refractivity contribution in [3.63, 3.8) is 0 Å². The van der Waals surface area contributed by atoms with Gasteiger partial charge in [0.05, 0.1) is 19.0 Å². The molecule has 5 nitrogen and oxygen atoms in total. The van der Waals surface area contributed by atoms with Crippen molar-refractivity contribution in [3.8, 4) is 22.8 Å². The highest BCUT2D eigenvalue weighted by molar-refractivity contribution is 7.14. The molecule has 116 valence electrons. The van der Waals surface area contributed by atoms with Crippen LogP contribution in [0.2, 0.25) is 0 Å². The van der Waals surface area contributed by atoms with E-state index in [2.05, 4.69) is 15.5 Å². The van der Waals surface area contributed by atoms with Gasteiger partial charge in [-0.2, -0.15) is 5.10 Å². The zero-order valence-corrected chi connectivity index (χ0v) is 13.2. The first-order valence-electron chi connectivity index (χ1n) is 6.92. The molecule has 0 fully saturated rings. The average molecular weight is 325 g/mol. The molecule has 1 heterocycles. The molecule has 0 bridgehead atoms. The van der Waals surface area contributed by atoms with Crippen LogP contribution in [0, 0.1) is 0 Å². The molecule has 3 aromatic rings. The minimum absolute atomic E-state index is 0.223. The standard InChI is InChI=1S/C17H15N3O2S/c1-22-15-7-2-4-12(8-15)10-18-20-17-19-16(11-23-17)13-5-3-6-14(21)9-13/h2-11,21H,1H3,(H,19,20)/b18-10-. The number of phenols is 1. The lowest BCUT2D eigenvalue weighted by Gasteiger charge is -1.99. The Morgan fingerprint density at radius 2 is 2.09 bits per heavy atom. The summed E-state index contributed by atoms with van der Waals surface area (Å²) in [6, 6.07) is 14.6. The summed E-state index contributed by atoms with van der Waals surface area (Å²) in [5.74, 6) is 1.01. The largest absolute Gasteiger partial charge is 0.508 e. The first-order valence-corrected chi connectivity index (χ1v) is 7.80. The molecule has 0 aliphatic heterocycles. The summed E-state index contributed by atoms with van der Waals surface area (Å²) >= 11 is 1.45. The Kier molecular flexibility index (Phi) is 4.54. The summed E-state index contributed by atoms with van der Waals surface area (Å²) < 4.78 is 5.17. The molecule has 0 saturated carbocycles. The van der Waals surface area contributed by atoms with Gasteiger partial charge in [0, 0.05) is 10.9 Å². The number of hydrogen-bond donors (Lipinski definition) is 2. The average Bonchev–Trinajstić information content (AvgIpc) is 3.04. The zero-order chi connectivity index (χ0) is 16.1. The van der Waals surface area contributed by atoms with E-state index >= 15 is 0 Å². The molecule has 0 spiro atoms. The summed E-state index contributed by atoms with van der Waals surface area (Å²) in [4.78, 5) is 4.44. The molecule has 1 aromatic heterocycles. The van der Waals surface area contributed by atoms with Crippen LogP contribution in [0.4, 0.5) is 5.13 Å². The van der Waals surface area contributed by atoms with Gasteiger partial charge < -0.3 is 9.84 Å². The van der Waals surface area contributed by atoms with Crippen molar-refractivity contribution < 1.29 is 9.84 Å². The number of nitrogens with zero attached hydrogens (tertiary/aromatic N) is 2. The number of hydrogen-bond acceptors (Lipinski definition) is 6. The molecule has 2 N–H and O–H groups in total. The predicted molar refractivity (Wildman–Crippen MR) is 93.4 cm³/mol. The maximum absolute atomic E-state index is 9.52. The van der Waals surface area contributed by atoms with Crippen molar-refractivity contribution in [1.29, 1.82) is 0 Å². The van der Waals surface area contributed by atoms with E-state index in [9.17, 15) is 5.11 Å². The Morgan fingerprint density at radius 3 is 2.91 bits per heavy atom. The predicted octanol–water partition coefficient (Wildman–Crippen LogP) is 3.97. The van der Waals surface area contributed by atoms with Crippen LogP contribution in [0.1, 0.15) is 5.56 Å². The number of nitrogens with one attached hydrogen (secondary N) is 1. The maximum atomic E-state index is 9.52. The van der Waals surface area contributed by atoms with Crippen LogP contribution >= 0.6 is 11.3 Å². The third kappa shape index (κ3) is 3.87. The third-order valence-corrected chi connectivity index (χ3v) is 3.86. The van der Waals surface area contributed by atoms with Gasteiger partial charge in [0.2, 0.25) is 5.13 Å². The van der Waals surface area contributed by atoms with Gasteiger partial charge >= 0.3 is 0 Å². The van der Waals surface area contributed by atoms with E-state index in [1.807, 2.05) is 35.7 Å². The van der Waals surface area contributed by atoms with Crippen LogP contribution in [0.15, 0.2) is 59.0 Å². The molecule has 0 unspecified atom stereocenters. The number of aromatic hydroxyl groups is 1. The van der Waals surface area contributed by atoms with Crippen LogP contribution in [0.25, 0.3) is 11.3 Å². The topological polar surface area (TPSA) is 66.7 Å². The van der Waals surface area contributed by atoms with Crippen LogP contribution in [-0.2, 0) is 0 Å². The van der Waals surface area contributed by atoms with Crippen LogP contribution in [-0.4, -0.2) is 23.4 Å². The summed E-state index contributed by atoms with van der Waals surface area (Å²) in [6.45, 7) is 0. The number of thiazole rings is 1. The number of hydrazone groups is 1. The fourth-order valence-corrected chi connectivity index (χ4v) is 2.68. The van der Waals surface area contributed by atoms with Crippen molar-refractivity contribution >= 4 is 22.7 Å². The Bertz CT molecular complexity index is 830. The minimum atomic E-state index is 0.223. The van der Waals surface area contributed by atoms with Gasteiger partial charge in [-0.1, -0.05) is 24.3 Å². The normalized spacial score (nSPS) is 10.8. The quantitative estimate of drug-likeness (QED) is 0.550. The fraction of sp³-hybridized carbons (Fsp3) is 0.0588. The number of methoxy groups -OCH3 is 1. The van der Waals surface area contributed by atoms with Crippen molar-refractivity contribution in [2.24, 2.45) is 5.10 Å². The summed E-state index contributed by atoms with van der Waals surface area (Å²) in [6.07, 6.45) is 1.71. The second-order valence-electron chi connectivity index (χ2n) is 4.73. The molecule has 6 heteroatoms. The number of ether oxygens (including phenoxy) is 1. The van der Waals surface area contributed by atoms with Gasteiger partial charge in [0.15, 0.2) is 0 Å². The van der Waals surface area contributed by atoms with Gasteiger partial charge in [-0.05, 0) is 29.8 Å². The summed E-state index contributed by atoms with van der Waals surface area (Å²) in [7, 11) is 1.63. The Balaban J connectivity index is 1.68. The SMILES string of the molecule is COc1cccc(/C=N\Nc2nc(-c3cccc(O)c3)cs2)c1. The van der Waals surface area contributed by atoms with Gasteiger partial charge in [-0.15, -0.1) is 11.3 Å². The van der Waals surface area contributed by atoms with E-state index in [-0.39, 0.29) is 5.75 Å². The molecule has 0 amide bonds. The van der Waals surface area contributed by atoms with Crippen molar-refractivity contribution in [1.82, 2.24) is 4.98 Å². The highest BCUT2D eigenvalue weighted by atomic mass is 32.1. The lowest BCUT2D eigenvalue weighted by Crippen LogP contribution is -1.91. The van der Waals surface area contributed by atoms with Crippen molar-refractivity contribution in [2.45, 2.75) is 0 Å². The lowest BCUT2D eigenvalue weighted by molar-refractivity contribution is 0.415. The highest BCUT2D eigenvalue weighted by Crippen LogP contribution is 2.27. The number of phenolic OH excluding ortho intramolecular Hbond substituents is 1. The lowest BCUT2D eigenvalue weighted by atomic mass is 10.2. The van der Waals surface area contributed by atoms with Crippen LogP contribution in [0.3, 0.4) is 0 Å². The molecule has 0 radical (unpaired) electrons. The number of anilines is 1.